The van der Waals surface area contributed by atoms with E-state index < -0.39 is 0 Å². The smallest absolute Gasteiger partial charge is 0.226 e. The summed E-state index contributed by atoms with van der Waals surface area (Å²) in [5.41, 5.74) is 1.71. The van der Waals surface area contributed by atoms with Crippen molar-refractivity contribution >= 4 is 11.8 Å². The first-order chi connectivity index (χ1) is 15.6. The summed E-state index contributed by atoms with van der Waals surface area (Å²) in [6.45, 7) is 0.563. The third-order valence-corrected chi connectivity index (χ3v) is 7.81. The van der Waals surface area contributed by atoms with Crippen molar-refractivity contribution in [3.63, 3.8) is 0 Å². The van der Waals surface area contributed by atoms with Crippen molar-refractivity contribution < 1.29 is 9.59 Å². The van der Waals surface area contributed by atoms with Crippen LogP contribution in [0.25, 0.3) is 0 Å². The van der Waals surface area contributed by atoms with E-state index in [9.17, 15) is 9.59 Å². The fourth-order valence-electron chi connectivity index (χ4n) is 6.78. The highest BCUT2D eigenvalue weighted by atomic mass is 16.2. The van der Waals surface area contributed by atoms with Crippen LogP contribution in [0.15, 0.2) is 54.7 Å². The maximum atomic E-state index is 13.1. The Balaban J connectivity index is 1.13. The number of carbonyl (C=O) groups is 2. The second-order valence-electron chi connectivity index (χ2n) is 10.2. The Hall–Kier alpha value is -2.69. The molecule has 1 aromatic carbocycles. The number of hydrogen-bond donors (Lipinski definition) is 2. The fraction of sp³-hybridized carbons (Fsp3) is 0.519. The molecule has 2 aromatic rings. The van der Waals surface area contributed by atoms with E-state index in [2.05, 4.69) is 15.6 Å². The lowest BCUT2D eigenvalue weighted by atomic mass is 9.49. The number of rotatable bonds is 8. The van der Waals surface area contributed by atoms with Crippen LogP contribution in [0, 0.1) is 23.2 Å². The van der Waals surface area contributed by atoms with Gasteiger partial charge in [-0.15, -0.1) is 0 Å². The number of aromatic nitrogens is 1. The van der Waals surface area contributed by atoms with Crippen molar-refractivity contribution in [1.82, 2.24) is 15.6 Å². The Bertz CT molecular complexity index is 869. The zero-order valence-electron chi connectivity index (χ0n) is 18.6. The first-order valence-corrected chi connectivity index (χ1v) is 12.1. The van der Waals surface area contributed by atoms with Crippen LogP contribution < -0.4 is 10.6 Å². The first kappa shape index (κ1) is 21.2. The number of nitrogens with zero attached hydrogens (tertiary/aromatic N) is 1. The highest BCUT2D eigenvalue weighted by Gasteiger charge is 2.54. The fourth-order valence-corrected chi connectivity index (χ4v) is 6.78. The third-order valence-electron chi connectivity index (χ3n) is 7.81. The van der Waals surface area contributed by atoms with Gasteiger partial charge in [0.1, 0.15) is 0 Å². The van der Waals surface area contributed by atoms with Crippen LogP contribution in [0.5, 0.6) is 0 Å². The second-order valence-corrected chi connectivity index (χ2v) is 10.2. The molecule has 32 heavy (non-hydrogen) atoms. The number of benzene rings is 1. The van der Waals surface area contributed by atoms with Crippen LogP contribution in [0.4, 0.5) is 0 Å². The molecule has 4 saturated carbocycles. The Kier molecular flexibility index (Phi) is 5.99. The average molecular weight is 432 g/mol. The molecular weight excluding hydrogens is 398 g/mol. The molecule has 5 nitrogen and oxygen atoms in total. The van der Waals surface area contributed by atoms with Gasteiger partial charge in [0.25, 0.3) is 0 Å². The van der Waals surface area contributed by atoms with E-state index in [4.69, 9.17) is 0 Å². The van der Waals surface area contributed by atoms with Crippen molar-refractivity contribution in [1.29, 1.82) is 0 Å². The van der Waals surface area contributed by atoms with E-state index in [0.717, 1.165) is 48.3 Å². The van der Waals surface area contributed by atoms with Crippen LogP contribution in [0.1, 0.15) is 68.7 Å². The van der Waals surface area contributed by atoms with Gasteiger partial charge in [0.2, 0.25) is 11.8 Å². The van der Waals surface area contributed by atoms with Gasteiger partial charge in [-0.25, -0.2) is 0 Å². The zero-order valence-corrected chi connectivity index (χ0v) is 18.6. The minimum atomic E-state index is -0.272. The van der Waals surface area contributed by atoms with Gasteiger partial charge < -0.3 is 10.6 Å². The summed E-state index contributed by atoms with van der Waals surface area (Å²) in [4.78, 5) is 30.2. The van der Waals surface area contributed by atoms with Gasteiger partial charge >= 0.3 is 0 Å². The quantitative estimate of drug-likeness (QED) is 0.609. The minimum Gasteiger partial charge on any atom is -0.356 e. The lowest BCUT2D eigenvalue weighted by Gasteiger charge is -2.55. The van der Waals surface area contributed by atoms with E-state index >= 15 is 0 Å². The van der Waals surface area contributed by atoms with Crippen LogP contribution in [0.3, 0.4) is 0 Å². The molecule has 4 fully saturated rings. The zero-order chi connectivity index (χ0) is 22.0. The van der Waals surface area contributed by atoms with Crippen LogP contribution in [-0.4, -0.2) is 23.3 Å². The predicted molar refractivity (Wildman–Crippen MR) is 124 cm³/mol. The van der Waals surface area contributed by atoms with E-state index in [1.165, 1.54) is 19.3 Å². The summed E-state index contributed by atoms with van der Waals surface area (Å²) in [6, 6.07) is 15.4. The number of pyridine rings is 1. The minimum absolute atomic E-state index is 0.0199. The van der Waals surface area contributed by atoms with Gasteiger partial charge in [0.05, 0.1) is 11.7 Å². The highest BCUT2D eigenvalue weighted by Crippen LogP contribution is 2.60. The Morgan fingerprint density at radius 2 is 1.59 bits per heavy atom. The first-order valence-electron chi connectivity index (χ1n) is 12.1. The molecule has 2 N–H and O–H groups in total. The molecule has 0 aliphatic heterocycles. The maximum absolute atomic E-state index is 13.1. The summed E-state index contributed by atoms with van der Waals surface area (Å²) in [5.74, 6) is 2.51. The molecule has 1 unspecified atom stereocenters. The van der Waals surface area contributed by atoms with Gasteiger partial charge in [-0.1, -0.05) is 36.4 Å². The molecule has 4 aliphatic carbocycles. The topological polar surface area (TPSA) is 71.1 Å². The maximum Gasteiger partial charge on any atom is 0.226 e. The molecule has 4 bridgehead atoms. The molecule has 0 saturated heterocycles. The molecule has 1 heterocycles. The van der Waals surface area contributed by atoms with Gasteiger partial charge in [-0.3, -0.25) is 14.6 Å². The summed E-state index contributed by atoms with van der Waals surface area (Å²) in [7, 11) is 0. The van der Waals surface area contributed by atoms with Crippen LogP contribution >= 0.6 is 0 Å². The van der Waals surface area contributed by atoms with Gasteiger partial charge in [0.15, 0.2) is 0 Å². The Labute approximate surface area is 190 Å². The summed E-state index contributed by atoms with van der Waals surface area (Å²) < 4.78 is 0. The van der Waals surface area contributed by atoms with Crippen LogP contribution in [-0.2, 0) is 9.59 Å². The molecule has 1 atom stereocenters. The molecule has 1 aromatic heterocycles. The molecular formula is C27H33N3O2. The van der Waals surface area contributed by atoms with E-state index in [0.29, 0.717) is 19.4 Å². The molecule has 168 valence electrons. The van der Waals surface area contributed by atoms with Crippen molar-refractivity contribution in [2.24, 2.45) is 23.2 Å². The van der Waals surface area contributed by atoms with Crippen molar-refractivity contribution in [2.75, 3.05) is 6.54 Å². The molecule has 0 radical (unpaired) electrons. The normalized spacial score (nSPS) is 28.8. The third kappa shape index (κ3) is 4.43. The summed E-state index contributed by atoms with van der Waals surface area (Å²) in [5, 5.41) is 6.31. The molecule has 2 amide bonds. The predicted octanol–water partition coefficient (Wildman–Crippen LogP) is 4.40. The molecule has 4 aliphatic rings. The number of hydrogen-bond acceptors (Lipinski definition) is 3. The van der Waals surface area contributed by atoms with E-state index in [1.807, 2.05) is 48.5 Å². The van der Waals surface area contributed by atoms with E-state index in [-0.39, 0.29) is 23.3 Å². The van der Waals surface area contributed by atoms with Gasteiger partial charge in [-0.05, 0) is 80.4 Å². The summed E-state index contributed by atoms with van der Waals surface area (Å²) in [6.07, 6.45) is 10.0. The number of amides is 2. The Morgan fingerprint density at radius 3 is 2.22 bits per heavy atom. The van der Waals surface area contributed by atoms with Crippen molar-refractivity contribution in [3.05, 3.63) is 66.0 Å². The average Bonchev–Trinajstić information content (AvgIpc) is 2.80. The summed E-state index contributed by atoms with van der Waals surface area (Å²) >= 11 is 0. The lowest BCUT2D eigenvalue weighted by Crippen LogP contribution is -2.53. The molecule has 0 spiro atoms. The number of nitrogens with one attached hydrogen (secondary N) is 2. The highest BCUT2D eigenvalue weighted by molar-refractivity contribution is 5.83. The standard InChI is InChI=1S/C27H33N3O2/c31-24(30-25(22-7-2-1-3-8-22)23-9-4-5-11-28-23)10-6-12-29-26(32)27-16-19-13-20(17-27)15-21(14-19)18-27/h1-5,7-9,11,19-21,25H,6,10,12-18H2,(H,29,32)(H,30,31). The van der Waals surface area contributed by atoms with Crippen molar-refractivity contribution in [3.8, 4) is 0 Å². The van der Waals surface area contributed by atoms with Gasteiger partial charge in [-0.2, -0.15) is 0 Å². The Morgan fingerprint density at radius 1 is 0.938 bits per heavy atom. The monoisotopic (exact) mass is 431 g/mol. The lowest BCUT2D eigenvalue weighted by molar-refractivity contribution is -0.146. The van der Waals surface area contributed by atoms with Gasteiger partial charge in [0, 0.05) is 24.6 Å². The molecule has 6 rings (SSSR count). The van der Waals surface area contributed by atoms with E-state index in [1.54, 1.807) is 6.20 Å². The van der Waals surface area contributed by atoms with Crippen LogP contribution in [0.2, 0.25) is 0 Å². The second kappa shape index (κ2) is 9.05. The SMILES string of the molecule is O=C(CCCNC(=O)C12CC3CC(CC(C3)C1)C2)NC(c1ccccc1)c1ccccn1. The molecule has 5 heteroatoms. The number of carbonyl (C=O) groups excluding carboxylic acids is 2. The largest absolute Gasteiger partial charge is 0.356 e. The van der Waals surface area contributed by atoms with Crippen molar-refractivity contribution in [2.45, 2.75) is 57.4 Å².